The van der Waals surface area contributed by atoms with Crippen molar-refractivity contribution in [2.45, 2.75) is 12.2 Å². The molecule has 9 heteroatoms. The van der Waals surface area contributed by atoms with Crippen molar-refractivity contribution >= 4 is 5.91 Å². The Morgan fingerprint density at radius 1 is 0.828 bits per heavy atom. The van der Waals surface area contributed by atoms with E-state index in [0.29, 0.717) is 17.2 Å². The van der Waals surface area contributed by atoms with Crippen LogP contribution >= 0.6 is 0 Å². The maximum absolute atomic E-state index is 13.2. The second-order valence-corrected chi connectivity index (χ2v) is 6.12. The first-order chi connectivity index (χ1) is 13.6. The number of aromatic amines is 1. The summed E-state index contributed by atoms with van der Waals surface area (Å²) in [5, 5.41) is 2.52. The van der Waals surface area contributed by atoms with Gasteiger partial charge in [0, 0.05) is 0 Å². The van der Waals surface area contributed by atoms with Gasteiger partial charge in [-0.3, -0.25) is 9.59 Å². The van der Waals surface area contributed by atoms with E-state index in [1.54, 1.807) is 4.98 Å². The third-order valence-electron chi connectivity index (χ3n) is 4.14. The molecule has 0 unspecified atom stereocenters. The van der Waals surface area contributed by atoms with E-state index >= 15 is 0 Å². The molecule has 0 bridgehead atoms. The Kier molecular flexibility index (Phi) is 5.49. The van der Waals surface area contributed by atoms with Gasteiger partial charge in [0.1, 0.15) is 22.9 Å². The van der Waals surface area contributed by atoms with Crippen molar-refractivity contribution in [2.24, 2.45) is 0 Å². The molecular weight excluding hydrogens is 395 g/mol. The normalized spacial score (nSPS) is 11.5. The summed E-state index contributed by atoms with van der Waals surface area (Å²) in [5.41, 5.74) is -2.18. The van der Waals surface area contributed by atoms with Crippen molar-refractivity contribution < 1.29 is 26.7 Å². The standard InChI is InChI=1S/C20H13F5N2O2/c21-13-5-1-11(2-6-13)17(12-3-7-14(22)8-4-12)27-19(29)15-9-10-16(20(23,24)25)26-18(15)28/h1-10,17H,(H,26,28)(H,27,29). The quantitative estimate of drug-likeness (QED) is 0.636. The van der Waals surface area contributed by atoms with Gasteiger partial charge in [-0.25, -0.2) is 8.78 Å². The molecule has 3 rings (SSSR count). The fourth-order valence-electron chi connectivity index (χ4n) is 2.70. The Morgan fingerprint density at radius 2 is 1.31 bits per heavy atom. The molecule has 4 nitrogen and oxygen atoms in total. The van der Waals surface area contributed by atoms with Crippen LogP contribution in [-0.4, -0.2) is 10.9 Å². The van der Waals surface area contributed by atoms with Gasteiger partial charge in [0.2, 0.25) is 0 Å². The Labute approximate surface area is 161 Å². The number of aromatic nitrogens is 1. The molecule has 0 aliphatic carbocycles. The molecule has 150 valence electrons. The second kappa shape index (κ2) is 7.86. The highest BCUT2D eigenvalue weighted by molar-refractivity contribution is 5.94. The molecule has 0 aliphatic heterocycles. The molecule has 0 saturated carbocycles. The van der Waals surface area contributed by atoms with Gasteiger partial charge in [-0.2, -0.15) is 13.2 Å². The average Bonchev–Trinajstić information content (AvgIpc) is 2.67. The van der Waals surface area contributed by atoms with Crippen LogP contribution in [-0.2, 0) is 6.18 Å². The maximum Gasteiger partial charge on any atom is 0.431 e. The number of halogens is 5. The summed E-state index contributed by atoms with van der Waals surface area (Å²) in [6.45, 7) is 0. The van der Waals surface area contributed by atoms with Crippen LogP contribution in [0.25, 0.3) is 0 Å². The first-order valence-corrected chi connectivity index (χ1v) is 8.27. The largest absolute Gasteiger partial charge is 0.431 e. The minimum atomic E-state index is -4.76. The predicted molar refractivity (Wildman–Crippen MR) is 94.2 cm³/mol. The van der Waals surface area contributed by atoms with Crippen molar-refractivity contribution in [2.75, 3.05) is 0 Å². The Bertz CT molecular complexity index is 1030. The monoisotopic (exact) mass is 408 g/mol. The van der Waals surface area contributed by atoms with Gasteiger partial charge in [-0.05, 0) is 47.5 Å². The number of nitrogens with one attached hydrogen (secondary N) is 2. The molecule has 0 fully saturated rings. The van der Waals surface area contributed by atoms with Gasteiger partial charge in [0.15, 0.2) is 0 Å². The molecule has 0 atom stereocenters. The lowest BCUT2D eigenvalue weighted by Gasteiger charge is -2.20. The minimum Gasteiger partial charge on any atom is -0.341 e. The smallest absolute Gasteiger partial charge is 0.341 e. The van der Waals surface area contributed by atoms with Crippen LogP contribution in [0.1, 0.15) is 33.2 Å². The lowest BCUT2D eigenvalue weighted by molar-refractivity contribution is -0.141. The second-order valence-electron chi connectivity index (χ2n) is 6.12. The number of rotatable bonds is 4. The number of hydrogen-bond donors (Lipinski definition) is 2. The molecule has 2 aromatic carbocycles. The summed E-state index contributed by atoms with van der Waals surface area (Å²) in [5.74, 6) is -1.98. The number of amides is 1. The molecule has 0 aliphatic rings. The summed E-state index contributed by atoms with van der Waals surface area (Å²) in [6, 6.07) is 10.6. The van der Waals surface area contributed by atoms with E-state index in [0.717, 1.165) is 30.3 Å². The third-order valence-corrected chi connectivity index (χ3v) is 4.14. The van der Waals surface area contributed by atoms with Crippen LogP contribution in [0.4, 0.5) is 22.0 Å². The molecular formula is C20H13F5N2O2. The zero-order valence-electron chi connectivity index (χ0n) is 14.6. The van der Waals surface area contributed by atoms with Gasteiger partial charge >= 0.3 is 6.18 Å². The Hall–Kier alpha value is -3.49. The van der Waals surface area contributed by atoms with Gasteiger partial charge in [0.25, 0.3) is 11.5 Å². The molecule has 0 radical (unpaired) electrons. The molecule has 1 amide bonds. The van der Waals surface area contributed by atoms with Crippen molar-refractivity contribution in [3.63, 3.8) is 0 Å². The van der Waals surface area contributed by atoms with Crippen LogP contribution in [0.2, 0.25) is 0 Å². The van der Waals surface area contributed by atoms with Crippen molar-refractivity contribution in [3.8, 4) is 0 Å². The highest BCUT2D eigenvalue weighted by Crippen LogP contribution is 2.27. The van der Waals surface area contributed by atoms with Crippen molar-refractivity contribution in [3.05, 3.63) is 105 Å². The first-order valence-electron chi connectivity index (χ1n) is 8.27. The predicted octanol–water partition coefficient (Wildman–Crippen LogP) is 4.19. The van der Waals surface area contributed by atoms with Gasteiger partial charge in [0.05, 0.1) is 6.04 Å². The fourth-order valence-corrected chi connectivity index (χ4v) is 2.70. The zero-order chi connectivity index (χ0) is 21.2. The topological polar surface area (TPSA) is 62.0 Å². The molecule has 3 aromatic rings. The molecule has 29 heavy (non-hydrogen) atoms. The van der Waals surface area contributed by atoms with Crippen molar-refractivity contribution in [1.82, 2.24) is 10.3 Å². The lowest BCUT2D eigenvalue weighted by atomic mass is 9.98. The number of alkyl halides is 3. The summed E-state index contributed by atoms with van der Waals surface area (Å²) >= 11 is 0. The number of benzene rings is 2. The van der Waals surface area contributed by atoms with E-state index < -0.39 is 46.6 Å². The van der Waals surface area contributed by atoms with E-state index in [2.05, 4.69) is 5.32 Å². The van der Waals surface area contributed by atoms with E-state index in [1.807, 2.05) is 0 Å². The number of H-pyrrole nitrogens is 1. The number of hydrogen-bond acceptors (Lipinski definition) is 2. The molecule has 0 spiro atoms. The van der Waals surface area contributed by atoms with Crippen LogP contribution in [0, 0.1) is 11.6 Å². The van der Waals surface area contributed by atoms with E-state index in [4.69, 9.17) is 0 Å². The van der Waals surface area contributed by atoms with Crippen LogP contribution < -0.4 is 10.9 Å². The summed E-state index contributed by atoms with van der Waals surface area (Å²) < 4.78 is 64.6. The Morgan fingerprint density at radius 3 is 1.72 bits per heavy atom. The minimum absolute atomic E-state index is 0.426. The van der Waals surface area contributed by atoms with Crippen LogP contribution in [0.5, 0.6) is 0 Å². The summed E-state index contributed by atoms with van der Waals surface area (Å²) in [6.07, 6.45) is -4.76. The third kappa shape index (κ3) is 4.68. The van der Waals surface area contributed by atoms with E-state index in [1.165, 1.54) is 24.3 Å². The van der Waals surface area contributed by atoms with E-state index in [-0.39, 0.29) is 0 Å². The number of carbonyl (C=O) groups excluding carboxylic acids is 1. The van der Waals surface area contributed by atoms with Crippen molar-refractivity contribution in [1.29, 1.82) is 0 Å². The number of pyridine rings is 1. The van der Waals surface area contributed by atoms with Crippen LogP contribution in [0.3, 0.4) is 0 Å². The van der Waals surface area contributed by atoms with Crippen LogP contribution in [0.15, 0.2) is 65.5 Å². The highest BCUT2D eigenvalue weighted by Gasteiger charge is 2.32. The van der Waals surface area contributed by atoms with Gasteiger partial charge in [-0.15, -0.1) is 0 Å². The average molecular weight is 408 g/mol. The van der Waals surface area contributed by atoms with E-state index in [9.17, 15) is 31.5 Å². The maximum atomic E-state index is 13.2. The number of carbonyl (C=O) groups is 1. The summed E-state index contributed by atoms with van der Waals surface area (Å²) in [7, 11) is 0. The molecule has 2 N–H and O–H groups in total. The zero-order valence-corrected chi connectivity index (χ0v) is 14.6. The van der Waals surface area contributed by atoms with Gasteiger partial charge < -0.3 is 10.3 Å². The molecule has 1 aromatic heterocycles. The SMILES string of the molecule is O=C(NC(c1ccc(F)cc1)c1ccc(F)cc1)c1ccc(C(F)(F)F)[nH]c1=O. The first kappa shape index (κ1) is 20.2. The summed E-state index contributed by atoms with van der Waals surface area (Å²) in [4.78, 5) is 26.1. The fraction of sp³-hybridized carbons (Fsp3) is 0.100. The van der Waals surface area contributed by atoms with Gasteiger partial charge in [-0.1, -0.05) is 24.3 Å². The lowest BCUT2D eigenvalue weighted by Crippen LogP contribution is -2.34. The Balaban J connectivity index is 1.95. The highest BCUT2D eigenvalue weighted by atomic mass is 19.4. The molecule has 0 saturated heterocycles. The molecule has 1 heterocycles.